The van der Waals surface area contributed by atoms with Gasteiger partial charge in [-0.25, -0.2) is 13.1 Å². The number of aliphatic hydroxyl groups excluding tert-OH is 1. The van der Waals surface area contributed by atoms with Crippen LogP contribution < -0.4 is 10.0 Å². The maximum Gasteiger partial charge on any atom is 0.240 e. The molecule has 0 aliphatic rings. The fourth-order valence-electron chi connectivity index (χ4n) is 3.96. The average molecular weight is 453 g/mol. The van der Waals surface area contributed by atoms with Gasteiger partial charge in [0, 0.05) is 54.0 Å². The first-order valence-corrected chi connectivity index (χ1v) is 12.2. The van der Waals surface area contributed by atoms with E-state index < -0.39 is 10.0 Å². The number of fused-ring (bicyclic) bond motifs is 2. The molecule has 7 nitrogen and oxygen atoms in total. The minimum absolute atomic E-state index is 0.0993. The Bertz CT molecular complexity index is 1320. The topological polar surface area (TPSA) is 96.2 Å². The summed E-state index contributed by atoms with van der Waals surface area (Å²) in [7, 11) is -3.61. The van der Waals surface area contributed by atoms with Crippen molar-refractivity contribution in [3.8, 4) is 0 Å². The predicted molar refractivity (Wildman–Crippen MR) is 127 cm³/mol. The van der Waals surface area contributed by atoms with Crippen molar-refractivity contribution in [2.75, 3.05) is 19.7 Å². The molecule has 1 atom stereocenters. The normalized spacial score (nSPS) is 13.1. The van der Waals surface area contributed by atoms with E-state index in [9.17, 15) is 13.5 Å². The summed E-state index contributed by atoms with van der Waals surface area (Å²) >= 11 is 0. The van der Waals surface area contributed by atoms with Gasteiger partial charge in [-0.15, -0.1) is 0 Å². The number of nitrogens with zero attached hydrogens (tertiary/aromatic N) is 2. The first kappa shape index (κ1) is 22.4. The van der Waals surface area contributed by atoms with E-state index in [1.807, 2.05) is 19.1 Å². The lowest BCUT2D eigenvalue weighted by molar-refractivity contribution is 0.278. The highest BCUT2D eigenvalue weighted by molar-refractivity contribution is 7.89. The molecule has 1 unspecified atom stereocenters. The molecule has 0 bridgehead atoms. The molecule has 0 aliphatic carbocycles. The predicted octanol–water partition coefficient (Wildman–Crippen LogP) is 2.68. The van der Waals surface area contributed by atoms with Crippen LogP contribution in [0.25, 0.3) is 21.7 Å². The molecule has 2 aromatic heterocycles. The Hall–Kier alpha value is -2.78. The molecule has 2 heterocycles. The molecular formula is C24H28N4O3S. The SMILES string of the molecule is CC(CNCCc1cn(CCO)c2ccccc12)NS(=O)(=O)c1ccc2cnccc2c1. The second kappa shape index (κ2) is 9.79. The summed E-state index contributed by atoms with van der Waals surface area (Å²) < 4.78 is 30.4. The van der Waals surface area contributed by atoms with Gasteiger partial charge in [0.15, 0.2) is 0 Å². The van der Waals surface area contributed by atoms with E-state index in [0.717, 1.165) is 29.3 Å². The van der Waals surface area contributed by atoms with Gasteiger partial charge >= 0.3 is 0 Å². The van der Waals surface area contributed by atoms with Crippen molar-refractivity contribution in [2.24, 2.45) is 0 Å². The molecule has 0 saturated heterocycles. The van der Waals surface area contributed by atoms with Crippen LogP contribution in [0.1, 0.15) is 12.5 Å². The lowest BCUT2D eigenvalue weighted by atomic mass is 10.1. The largest absolute Gasteiger partial charge is 0.395 e. The first-order valence-electron chi connectivity index (χ1n) is 10.7. The van der Waals surface area contributed by atoms with E-state index in [4.69, 9.17) is 0 Å². The van der Waals surface area contributed by atoms with Gasteiger partial charge in [0.1, 0.15) is 0 Å². The van der Waals surface area contributed by atoms with Crippen molar-refractivity contribution in [1.29, 1.82) is 0 Å². The monoisotopic (exact) mass is 452 g/mol. The van der Waals surface area contributed by atoms with Crippen LogP contribution in [0.2, 0.25) is 0 Å². The van der Waals surface area contributed by atoms with Gasteiger partial charge in [0.05, 0.1) is 11.5 Å². The van der Waals surface area contributed by atoms with E-state index in [2.05, 4.69) is 37.9 Å². The number of para-hydroxylation sites is 1. The molecule has 3 N–H and O–H groups in total. The molecule has 32 heavy (non-hydrogen) atoms. The molecule has 0 spiro atoms. The van der Waals surface area contributed by atoms with E-state index in [-0.39, 0.29) is 17.5 Å². The van der Waals surface area contributed by atoms with Gasteiger partial charge in [-0.05, 0) is 55.1 Å². The van der Waals surface area contributed by atoms with Crippen molar-refractivity contribution in [1.82, 2.24) is 19.6 Å². The molecule has 0 saturated carbocycles. The van der Waals surface area contributed by atoms with E-state index in [1.165, 1.54) is 10.9 Å². The number of nitrogens with one attached hydrogen (secondary N) is 2. The number of hydrogen-bond donors (Lipinski definition) is 3. The molecule has 0 fully saturated rings. The van der Waals surface area contributed by atoms with Gasteiger partial charge in [0.25, 0.3) is 0 Å². The van der Waals surface area contributed by atoms with Crippen LogP contribution in [0.5, 0.6) is 0 Å². The average Bonchev–Trinajstić information content (AvgIpc) is 3.14. The number of rotatable bonds is 10. The summed E-state index contributed by atoms with van der Waals surface area (Å²) in [4.78, 5) is 4.31. The third-order valence-electron chi connectivity index (χ3n) is 5.51. The molecule has 0 aliphatic heterocycles. The molecule has 8 heteroatoms. The third-order valence-corrected chi connectivity index (χ3v) is 7.10. The maximum atomic E-state index is 12.8. The lowest BCUT2D eigenvalue weighted by Crippen LogP contribution is -2.40. The zero-order chi connectivity index (χ0) is 22.6. The van der Waals surface area contributed by atoms with E-state index in [0.29, 0.717) is 13.1 Å². The van der Waals surface area contributed by atoms with Gasteiger partial charge in [-0.1, -0.05) is 24.3 Å². The fraction of sp³-hybridized carbons (Fsp3) is 0.292. The zero-order valence-electron chi connectivity index (χ0n) is 18.0. The summed E-state index contributed by atoms with van der Waals surface area (Å²) in [5, 5.41) is 15.6. The van der Waals surface area contributed by atoms with Crippen molar-refractivity contribution in [3.05, 3.63) is 72.7 Å². The number of hydrogen-bond acceptors (Lipinski definition) is 5. The third kappa shape index (κ3) is 4.99. The quantitative estimate of drug-likeness (QED) is 0.322. The zero-order valence-corrected chi connectivity index (χ0v) is 18.8. The van der Waals surface area contributed by atoms with Crippen molar-refractivity contribution in [2.45, 2.75) is 30.8 Å². The summed E-state index contributed by atoms with van der Waals surface area (Å²) in [6.07, 6.45) is 6.27. The van der Waals surface area contributed by atoms with Gasteiger partial charge < -0.3 is 15.0 Å². The molecule has 4 rings (SSSR count). The van der Waals surface area contributed by atoms with Crippen LogP contribution in [-0.2, 0) is 23.0 Å². The standard InChI is InChI=1S/C24H28N4O3S/c1-18(27-32(30,31)22-7-6-20-16-26-10-8-19(20)14-22)15-25-11-9-21-17-28(12-13-29)24-5-3-2-4-23(21)24/h2-8,10,14,16-18,25,27,29H,9,11-13,15H2,1H3. The van der Waals surface area contributed by atoms with Gasteiger partial charge in [-0.2, -0.15) is 0 Å². The van der Waals surface area contributed by atoms with Crippen molar-refractivity contribution < 1.29 is 13.5 Å². The molecule has 0 amide bonds. The Morgan fingerprint density at radius 3 is 2.81 bits per heavy atom. The fourth-order valence-corrected chi connectivity index (χ4v) is 5.24. The van der Waals surface area contributed by atoms with Crippen molar-refractivity contribution in [3.63, 3.8) is 0 Å². The number of aliphatic hydroxyl groups is 1. The summed E-state index contributed by atoms with van der Waals surface area (Å²) in [6, 6.07) is 14.8. The number of sulfonamides is 1. The second-order valence-corrected chi connectivity index (χ2v) is 9.66. The molecule has 0 radical (unpaired) electrons. The van der Waals surface area contributed by atoms with Gasteiger partial charge in [-0.3, -0.25) is 4.98 Å². The van der Waals surface area contributed by atoms with Crippen LogP contribution in [0.15, 0.2) is 72.0 Å². The number of pyridine rings is 1. The highest BCUT2D eigenvalue weighted by Crippen LogP contribution is 2.21. The molecule has 4 aromatic rings. The number of benzene rings is 2. The summed E-state index contributed by atoms with van der Waals surface area (Å²) in [5.74, 6) is 0. The van der Waals surface area contributed by atoms with Crippen LogP contribution >= 0.6 is 0 Å². The highest BCUT2D eigenvalue weighted by Gasteiger charge is 2.17. The Kier molecular flexibility index (Phi) is 6.86. The van der Waals surface area contributed by atoms with Crippen LogP contribution in [-0.4, -0.2) is 48.8 Å². The summed E-state index contributed by atoms with van der Waals surface area (Å²) in [6.45, 7) is 3.76. The molecule has 168 valence electrons. The van der Waals surface area contributed by atoms with Crippen LogP contribution in [0.4, 0.5) is 0 Å². The van der Waals surface area contributed by atoms with Crippen molar-refractivity contribution >= 4 is 31.7 Å². The molecule has 2 aromatic carbocycles. The lowest BCUT2D eigenvalue weighted by Gasteiger charge is -2.15. The van der Waals surface area contributed by atoms with Crippen LogP contribution in [0, 0.1) is 0 Å². The molecular weight excluding hydrogens is 424 g/mol. The van der Waals surface area contributed by atoms with Gasteiger partial charge in [0.2, 0.25) is 10.0 Å². The van der Waals surface area contributed by atoms with E-state index in [1.54, 1.807) is 36.7 Å². The van der Waals surface area contributed by atoms with E-state index >= 15 is 0 Å². The first-order chi connectivity index (χ1) is 15.5. The Morgan fingerprint density at radius 2 is 1.97 bits per heavy atom. The number of aromatic nitrogens is 2. The maximum absolute atomic E-state index is 12.8. The Balaban J connectivity index is 1.33. The Labute approximate surface area is 188 Å². The smallest absolute Gasteiger partial charge is 0.240 e. The van der Waals surface area contributed by atoms with Crippen LogP contribution in [0.3, 0.4) is 0 Å². The second-order valence-electron chi connectivity index (χ2n) is 7.95. The summed E-state index contributed by atoms with van der Waals surface area (Å²) in [5.41, 5.74) is 2.32. The highest BCUT2D eigenvalue weighted by atomic mass is 32.2. The minimum atomic E-state index is -3.61. The minimum Gasteiger partial charge on any atom is -0.395 e. The Morgan fingerprint density at radius 1 is 1.12 bits per heavy atom.